The minimum Gasteiger partial charge on any atom is -0.396 e. The molecular formula is C17H33IN4O. The van der Waals surface area contributed by atoms with Gasteiger partial charge in [-0.3, -0.25) is 4.99 Å². The molecule has 0 saturated carbocycles. The number of aliphatic hydroxyl groups excluding tert-OH is 1. The predicted octanol–water partition coefficient (Wildman–Crippen LogP) is 2.71. The summed E-state index contributed by atoms with van der Waals surface area (Å²) in [5.41, 5.74) is 0. The normalized spacial score (nSPS) is 12.8. The molecule has 0 bridgehead atoms. The first-order valence-electron chi connectivity index (χ1n) is 8.39. The number of halogens is 1. The zero-order chi connectivity index (χ0) is 16.2. The second-order valence-electron chi connectivity index (χ2n) is 6.08. The maximum Gasteiger partial charge on any atom is 0.191 e. The van der Waals surface area contributed by atoms with Crippen molar-refractivity contribution in [2.75, 3.05) is 26.2 Å². The summed E-state index contributed by atoms with van der Waals surface area (Å²) in [6.45, 7) is 10.1. The van der Waals surface area contributed by atoms with Gasteiger partial charge in [-0.25, -0.2) is 0 Å². The Hall–Kier alpha value is -0.760. The third-order valence-electron chi connectivity index (χ3n) is 3.52. The van der Waals surface area contributed by atoms with E-state index in [4.69, 9.17) is 0 Å². The zero-order valence-corrected chi connectivity index (χ0v) is 17.0. The van der Waals surface area contributed by atoms with E-state index in [0.29, 0.717) is 11.8 Å². The van der Waals surface area contributed by atoms with E-state index in [1.807, 2.05) is 12.1 Å². The van der Waals surface area contributed by atoms with E-state index in [-0.39, 0.29) is 30.6 Å². The highest BCUT2D eigenvalue weighted by Gasteiger charge is 2.10. The van der Waals surface area contributed by atoms with Crippen LogP contribution in [0.25, 0.3) is 0 Å². The topological polar surface area (TPSA) is 61.6 Å². The molecule has 3 N–H and O–H groups in total. The minimum atomic E-state index is 0. The Balaban J connectivity index is 0.00000484. The Morgan fingerprint density at radius 2 is 1.91 bits per heavy atom. The Morgan fingerprint density at radius 1 is 1.22 bits per heavy atom. The number of hydrogen-bond acceptors (Lipinski definition) is 2. The fourth-order valence-corrected chi connectivity index (χ4v) is 2.52. The molecule has 0 saturated heterocycles. The second kappa shape index (κ2) is 13.7. The summed E-state index contributed by atoms with van der Waals surface area (Å²) < 4.78 is 2.14. The third kappa shape index (κ3) is 10.6. The Labute approximate surface area is 158 Å². The third-order valence-corrected chi connectivity index (χ3v) is 3.52. The molecule has 0 aliphatic carbocycles. The summed E-state index contributed by atoms with van der Waals surface area (Å²) in [7, 11) is 0. The van der Waals surface area contributed by atoms with Crippen molar-refractivity contribution in [1.29, 1.82) is 0 Å². The molecule has 0 aromatic carbocycles. The van der Waals surface area contributed by atoms with Crippen LogP contribution in [0.15, 0.2) is 29.5 Å². The summed E-state index contributed by atoms with van der Waals surface area (Å²) >= 11 is 0. The molecule has 6 heteroatoms. The van der Waals surface area contributed by atoms with Gasteiger partial charge < -0.3 is 20.3 Å². The van der Waals surface area contributed by atoms with Gasteiger partial charge in [0.1, 0.15) is 0 Å². The van der Waals surface area contributed by atoms with E-state index < -0.39 is 0 Å². The first-order valence-corrected chi connectivity index (χ1v) is 8.39. The van der Waals surface area contributed by atoms with E-state index in [2.05, 4.69) is 53.4 Å². The highest BCUT2D eigenvalue weighted by atomic mass is 127. The van der Waals surface area contributed by atoms with Crippen molar-refractivity contribution in [2.24, 2.45) is 16.8 Å². The number of guanidine groups is 1. The van der Waals surface area contributed by atoms with Gasteiger partial charge in [-0.05, 0) is 43.7 Å². The lowest BCUT2D eigenvalue weighted by Gasteiger charge is -2.17. The lowest BCUT2D eigenvalue weighted by Crippen LogP contribution is -2.39. The molecule has 0 spiro atoms. The molecule has 0 aliphatic rings. The molecule has 0 fully saturated rings. The van der Waals surface area contributed by atoms with Gasteiger partial charge in [0.15, 0.2) is 5.96 Å². The van der Waals surface area contributed by atoms with Crippen LogP contribution in [0.5, 0.6) is 0 Å². The number of nitrogens with zero attached hydrogens (tertiary/aromatic N) is 2. The maximum absolute atomic E-state index is 9.18. The molecule has 5 nitrogen and oxygen atoms in total. The van der Waals surface area contributed by atoms with Crippen molar-refractivity contribution in [1.82, 2.24) is 15.2 Å². The smallest absolute Gasteiger partial charge is 0.191 e. The molecule has 134 valence electrons. The minimum absolute atomic E-state index is 0. The van der Waals surface area contributed by atoms with Crippen molar-refractivity contribution >= 4 is 29.9 Å². The number of rotatable bonds is 10. The van der Waals surface area contributed by atoms with Gasteiger partial charge >= 0.3 is 0 Å². The fourth-order valence-electron chi connectivity index (χ4n) is 2.52. The van der Waals surface area contributed by atoms with E-state index in [0.717, 1.165) is 45.0 Å². The predicted molar refractivity (Wildman–Crippen MR) is 108 cm³/mol. The molecule has 1 rings (SSSR count). The Kier molecular flexibility index (Phi) is 13.2. The summed E-state index contributed by atoms with van der Waals surface area (Å²) in [5.74, 6) is 1.95. The number of aromatic nitrogens is 1. The van der Waals surface area contributed by atoms with Gasteiger partial charge in [0.25, 0.3) is 0 Å². The molecule has 23 heavy (non-hydrogen) atoms. The van der Waals surface area contributed by atoms with Gasteiger partial charge in [-0.2, -0.15) is 0 Å². The Morgan fingerprint density at radius 3 is 2.48 bits per heavy atom. The molecule has 0 radical (unpaired) electrons. The largest absolute Gasteiger partial charge is 0.396 e. The van der Waals surface area contributed by atoms with Crippen LogP contribution in [0.1, 0.15) is 33.6 Å². The van der Waals surface area contributed by atoms with Crippen LogP contribution < -0.4 is 10.6 Å². The number of aliphatic imine (C=N–C) groups is 1. The van der Waals surface area contributed by atoms with Gasteiger partial charge in [0.2, 0.25) is 0 Å². The maximum atomic E-state index is 9.18. The van der Waals surface area contributed by atoms with Crippen LogP contribution >= 0.6 is 24.0 Å². The molecule has 0 aliphatic heterocycles. The molecule has 1 atom stereocenters. The first-order chi connectivity index (χ1) is 10.7. The van der Waals surface area contributed by atoms with Crippen molar-refractivity contribution in [3.05, 3.63) is 24.5 Å². The van der Waals surface area contributed by atoms with Crippen molar-refractivity contribution in [3.8, 4) is 0 Å². The standard InChI is InChI=1S/C17H32N4O.HI/c1-4-18-17(19-8-11-21-9-5-6-10-21)20-14-16(7-12-22)13-15(2)3;/h5-6,9-10,15-16,22H,4,7-8,11-14H2,1-3H3,(H2,18,19,20);1H. The van der Waals surface area contributed by atoms with Gasteiger partial charge in [-0.15, -0.1) is 24.0 Å². The average molecular weight is 436 g/mol. The van der Waals surface area contributed by atoms with Crippen molar-refractivity contribution in [2.45, 2.75) is 40.2 Å². The summed E-state index contributed by atoms with van der Waals surface area (Å²) in [4.78, 5) is 4.68. The Bertz CT molecular complexity index is 407. The van der Waals surface area contributed by atoms with Gasteiger partial charge in [-0.1, -0.05) is 13.8 Å². The molecule has 1 aromatic heterocycles. The molecular weight excluding hydrogens is 403 g/mol. The van der Waals surface area contributed by atoms with E-state index in [1.54, 1.807) is 0 Å². The van der Waals surface area contributed by atoms with Crippen LogP contribution in [0.2, 0.25) is 0 Å². The van der Waals surface area contributed by atoms with Crippen LogP contribution in [-0.4, -0.2) is 41.9 Å². The number of hydrogen-bond donors (Lipinski definition) is 3. The first kappa shape index (κ1) is 22.2. The highest BCUT2D eigenvalue weighted by molar-refractivity contribution is 14.0. The molecule has 1 heterocycles. The van der Waals surface area contributed by atoms with E-state index in [1.165, 1.54) is 0 Å². The van der Waals surface area contributed by atoms with E-state index in [9.17, 15) is 5.11 Å². The highest BCUT2D eigenvalue weighted by Crippen LogP contribution is 2.15. The van der Waals surface area contributed by atoms with Gasteiger partial charge in [0.05, 0.1) is 0 Å². The van der Waals surface area contributed by atoms with Crippen LogP contribution in [0.3, 0.4) is 0 Å². The number of aliphatic hydroxyl groups is 1. The zero-order valence-electron chi connectivity index (χ0n) is 14.7. The van der Waals surface area contributed by atoms with Crippen LogP contribution in [0.4, 0.5) is 0 Å². The van der Waals surface area contributed by atoms with Gasteiger partial charge in [0, 0.05) is 45.2 Å². The monoisotopic (exact) mass is 436 g/mol. The SMILES string of the molecule is CCNC(=NCC(CCO)CC(C)C)NCCn1cccc1.I. The lowest BCUT2D eigenvalue weighted by atomic mass is 9.94. The second-order valence-corrected chi connectivity index (χ2v) is 6.08. The molecule has 1 aromatic rings. The fraction of sp³-hybridized carbons (Fsp3) is 0.706. The van der Waals surface area contributed by atoms with Crippen molar-refractivity contribution in [3.63, 3.8) is 0 Å². The van der Waals surface area contributed by atoms with Crippen molar-refractivity contribution < 1.29 is 5.11 Å². The summed E-state index contributed by atoms with van der Waals surface area (Å²) in [6, 6.07) is 4.06. The number of nitrogens with one attached hydrogen (secondary N) is 2. The summed E-state index contributed by atoms with van der Waals surface area (Å²) in [5, 5.41) is 15.8. The quantitative estimate of drug-likeness (QED) is 0.300. The van der Waals surface area contributed by atoms with E-state index >= 15 is 0 Å². The molecule has 1 unspecified atom stereocenters. The summed E-state index contributed by atoms with van der Waals surface area (Å²) in [6.07, 6.45) is 6.05. The average Bonchev–Trinajstić information content (AvgIpc) is 2.97. The lowest BCUT2D eigenvalue weighted by molar-refractivity contribution is 0.245. The van der Waals surface area contributed by atoms with Crippen LogP contribution in [-0.2, 0) is 6.54 Å². The molecule has 0 amide bonds. The van der Waals surface area contributed by atoms with Crippen LogP contribution in [0, 0.1) is 11.8 Å².